The number of rotatable bonds is 6. The van der Waals surface area contributed by atoms with Crippen molar-refractivity contribution in [2.75, 3.05) is 13.7 Å². The highest BCUT2D eigenvalue weighted by Gasteiger charge is 2.15. The lowest BCUT2D eigenvalue weighted by molar-refractivity contribution is -0.120. The molecule has 0 saturated heterocycles. The number of furan rings is 1. The van der Waals surface area contributed by atoms with Crippen LogP contribution in [-0.2, 0) is 11.2 Å². The minimum absolute atomic E-state index is 0.103. The first-order chi connectivity index (χ1) is 11.2. The number of amides is 1. The molecule has 0 aliphatic carbocycles. The number of hydrogen-bond donors (Lipinski definition) is 3. The van der Waals surface area contributed by atoms with E-state index in [1.165, 1.54) is 6.26 Å². The number of benzene rings is 1. The van der Waals surface area contributed by atoms with Gasteiger partial charge in [0.2, 0.25) is 5.91 Å². The number of ether oxygens (including phenoxy) is 1. The molecular weight excluding hydrogens is 296 g/mol. The molecule has 0 fully saturated rings. The van der Waals surface area contributed by atoms with Crippen LogP contribution < -0.4 is 10.1 Å². The summed E-state index contributed by atoms with van der Waals surface area (Å²) in [7, 11) is 1.60. The van der Waals surface area contributed by atoms with Gasteiger partial charge in [-0.25, -0.2) is 0 Å². The Labute approximate surface area is 133 Å². The molecule has 0 aliphatic rings. The molecule has 1 unspecified atom stereocenters. The number of aliphatic hydroxyl groups excluding tert-OH is 1. The molecule has 1 amide bonds. The summed E-state index contributed by atoms with van der Waals surface area (Å²) in [6.07, 6.45) is 2.63. The van der Waals surface area contributed by atoms with Gasteiger partial charge < -0.3 is 24.6 Å². The normalized spacial score (nSPS) is 12.3. The number of aromatic nitrogens is 1. The van der Waals surface area contributed by atoms with Crippen LogP contribution >= 0.6 is 0 Å². The predicted octanol–water partition coefficient (Wildman–Crippen LogP) is 2.16. The Morgan fingerprint density at radius 3 is 3.00 bits per heavy atom. The van der Waals surface area contributed by atoms with Crippen LogP contribution in [0.5, 0.6) is 5.75 Å². The number of H-pyrrole nitrogens is 1. The van der Waals surface area contributed by atoms with Crippen molar-refractivity contribution in [2.24, 2.45) is 0 Å². The summed E-state index contributed by atoms with van der Waals surface area (Å²) >= 11 is 0. The van der Waals surface area contributed by atoms with Crippen molar-refractivity contribution in [3.05, 3.63) is 54.1 Å². The van der Waals surface area contributed by atoms with Crippen LogP contribution in [0, 0.1) is 0 Å². The molecule has 120 valence electrons. The van der Waals surface area contributed by atoms with E-state index in [9.17, 15) is 9.90 Å². The lowest BCUT2D eigenvalue weighted by Gasteiger charge is -2.10. The molecule has 0 aliphatic heterocycles. The van der Waals surface area contributed by atoms with E-state index >= 15 is 0 Å². The number of fused-ring (bicyclic) bond motifs is 1. The molecule has 2 aromatic heterocycles. The summed E-state index contributed by atoms with van der Waals surface area (Å²) in [5.41, 5.74) is 1.77. The largest absolute Gasteiger partial charge is 0.496 e. The maximum atomic E-state index is 12.1. The highest BCUT2D eigenvalue weighted by molar-refractivity contribution is 5.93. The van der Waals surface area contributed by atoms with E-state index in [1.54, 1.807) is 25.4 Å². The summed E-state index contributed by atoms with van der Waals surface area (Å²) in [6.45, 7) is 0.103. The Morgan fingerprint density at radius 2 is 2.26 bits per heavy atom. The average Bonchev–Trinajstić information content (AvgIpc) is 3.22. The minimum atomic E-state index is -0.855. The van der Waals surface area contributed by atoms with Crippen molar-refractivity contribution >= 4 is 16.8 Å². The zero-order chi connectivity index (χ0) is 16.2. The Bertz CT molecular complexity index is 792. The molecule has 3 aromatic rings. The molecule has 0 radical (unpaired) electrons. The summed E-state index contributed by atoms with van der Waals surface area (Å²) in [5, 5.41) is 13.5. The summed E-state index contributed by atoms with van der Waals surface area (Å²) < 4.78 is 10.4. The van der Waals surface area contributed by atoms with Crippen LogP contribution in [0.15, 0.2) is 47.2 Å². The lowest BCUT2D eigenvalue weighted by Crippen LogP contribution is -2.29. The number of carbonyl (C=O) groups is 1. The predicted molar refractivity (Wildman–Crippen MR) is 85.2 cm³/mol. The fraction of sp³-hybridized carbons (Fsp3) is 0.235. The second-order valence-corrected chi connectivity index (χ2v) is 5.21. The van der Waals surface area contributed by atoms with Crippen molar-refractivity contribution < 1.29 is 19.1 Å². The van der Waals surface area contributed by atoms with Crippen LogP contribution in [0.4, 0.5) is 0 Å². The van der Waals surface area contributed by atoms with E-state index < -0.39 is 6.10 Å². The van der Waals surface area contributed by atoms with Crippen LogP contribution in [0.1, 0.15) is 17.4 Å². The van der Waals surface area contributed by atoms with Gasteiger partial charge in [0.15, 0.2) is 0 Å². The van der Waals surface area contributed by atoms with Gasteiger partial charge in [-0.05, 0) is 29.8 Å². The molecule has 6 nitrogen and oxygen atoms in total. The van der Waals surface area contributed by atoms with Gasteiger partial charge in [0.1, 0.15) is 17.6 Å². The zero-order valence-corrected chi connectivity index (χ0v) is 12.7. The van der Waals surface area contributed by atoms with E-state index in [0.717, 1.165) is 22.2 Å². The van der Waals surface area contributed by atoms with Gasteiger partial charge in [-0.15, -0.1) is 0 Å². The maximum absolute atomic E-state index is 12.1. The topological polar surface area (TPSA) is 87.5 Å². The number of aromatic amines is 1. The van der Waals surface area contributed by atoms with Crippen molar-refractivity contribution in [2.45, 2.75) is 12.5 Å². The van der Waals surface area contributed by atoms with Crippen LogP contribution in [-0.4, -0.2) is 29.7 Å². The lowest BCUT2D eigenvalue weighted by atomic mass is 10.1. The van der Waals surface area contributed by atoms with Gasteiger partial charge in [-0.1, -0.05) is 6.07 Å². The molecule has 1 atom stereocenters. The summed E-state index contributed by atoms with van der Waals surface area (Å²) in [5.74, 6) is 0.976. The van der Waals surface area contributed by atoms with Gasteiger partial charge in [0.05, 0.1) is 26.3 Å². The quantitative estimate of drug-likeness (QED) is 0.650. The van der Waals surface area contributed by atoms with E-state index in [4.69, 9.17) is 9.15 Å². The molecule has 1 aromatic carbocycles. The van der Waals surface area contributed by atoms with E-state index in [1.807, 2.05) is 18.2 Å². The molecule has 23 heavy (non-hydrogen) atoms. The molecule has 3 rings (SSSR count). The first-order valence-corrected chi connectivity index (χ1v) is 7.30. The van der Waals surface area contributed by atoms with Crippen LogP contribution in [0.25, 0.3) is 10.9 Å². The van der Waals surface area contributed by atoms with Crippen molar-refractivity contribution in [1.29, 1.82) is 0 Å². The summed E-state index contributed by atoms with van der Waals surface area (Å²) in [4.78, 5) is 15.3. The Balaban J connectivity index is 1.66. The number of nitrogens with one attached hydrogen (secondary N) is 2. The second-order valence-electron chi connectivity index (χ2n) is 5.21. The Morgan fingerprint density at radius 1 is 1.39 bits per heavy atom. The fourth-order valence-corrected chi connectivity index (χ4v) is 2.56. The van der Waals surface area contributed by atoms with Gasteiger partial charge in [-0.2, -0.15) is 0 Å². The highest BCUT2D eigenvalue weighted by Crippen LogP contribution is 2.28. The summed E-state index contributed by atoms with van der Waals surface area (Å²) in [6, 6.07) is 9.04. The average molecular weight is 314 g/mol. The third-order valence-corrected chi connectivity index (χ3v) is 3.68. The first kappa shape index (κ1) is 15.2. The van der Waals surface area contributed by atoms with E-state index in [0.29, 0.717) is 5.76 Å². The second kappa shape index (κ2) is 6.58. The zero-order valence-electron chi connectivity index (χ0n) is 12.7. The first-order valence-electron chi connectivity index (χ1n) is 7.30. The molecule has 3 N–H and O–H groups in total. The Hall–Kier alpha value is -2.73. The molecule has 0 bridgehead atoms. The third-order valence-electron chi connectivity index (χ3n) is 3.68. The number of aliphatic hydroxyl groups is 1. The minimum Gasteiger partial charge on any atom is -0.496 e. The van der Waals surface area contributed by atoms with Crippen molar-refractivity contribution in [3.63, 3.8) is 0 Å². The van der Waals surface area contributed by atoms with Crippen molar-refractivity contribution in [3.8, 4) is 5.75 Å². The van der Waals surface area contributed by atoms with Crippen LogP contribution in [0.3, 0.4) is 0 Å². The van der Waals surface area contributed by atoms with Gasteiger partial charge in [-0.3, -0.25) is 4.79 Å². The van der Waals surface area contributed by atoms with E-state index in [2.05, 4.69) is 10.3 Å². The smallest absolute Gasteiger partial charge is 0.224 e. The van der Waals surface area contributed by atoms with E-state index in [-0.39, 0.29) is 18.9 Å². The highest BCUT2D eigenvalue weighted by atomic mass is 16.5. The Kier molecular flexibility index (Phi) is 4.34. The number of hydrogen-bond acceptors (Lipinski definition) is 4. The van der Waals surface area contributed by atoms with Crippen molar-refractivity contribution in [1.82, 2.24) is 10.3 Å². The maximum Gasteiger partial charge on any atom is 0.224 e. The third kappa shape index (κ3) is 3.22. The molecular formula is C17H18N2O4. The molecule has 0 spiro atoms. The molecule has 2 heterocycles. The van der Waals surface area contributed by atoms with Gasteiger partial charge >= 0.3 is 0 Å². The van der Waals surface area contributed by atoms with Gasteiger partial charge in [0.25, 0.3) is 0 Å². The SMILES string of the molecule is COc1cccc2[nH]cc(CC(=O)NCC(O)c3ccco3)c12. The molecule has 0 saturated carbocycles. The fourth-order valence-electron chi connectivity index (χ4n) is 2.56. The monoisotopic (exact) mass is 314 g/mol. The van der Waals surface area contributed by atoms with Gasteiger partial charge in [0, 0.05) is 17.1 Å². The number of methoxy groups -OCH3 is 1. The molecule has 6 heteroatoms. The standard InChI is InChI=1S/C17H18N2O4/c1-22-15-5-2-4-12-17(15)11(9-18-12)8-16(21)19-10-13(20)14-6-3-7-23-14/h2-7,9,13,18,20H,8,10H2,1H3,(H,19,21). The van der Waals surface area contributed by atoms with Crippen LogP contribution in [0.2, 0.25) is 0 Å². The number of carbonyl (C=O) groups excluding carboxylic acids is 1.